The van der Waals surface area contributed by atoms with E-state index in [4.69, 9.17) is 5.11 Å². The summed E-state index contributed by atoms with van der Waals surface area (Å²) >= 11 is 0. The largest absolute Gasteiger partial charge is 0.481 e. The van der Waals surface area contributed by atoms with Gasteiger partial charge in [-0.3, -0.25) is 9.59 Å². The predicted octanol–water partition coefficient (Wildman–Crippen LogP) is 2.90. The van der Waals surface area contributed by atoms with Crippen molar-refractivity contribution in [3.63, 3.8) is 0 Å². The second-order valence-corrected chi connectivity index (χ2v) is 4.78. The zero-order valence-corrected chi connectivity index (χ0v) is 11.6. The molecule has 2 N–H and O–H groups in total. The summed E-state index contributed by atoms with van der Waals surface area (Å²) in [6.45, 7) is 2.16. The van der Waals surface area contributed by atoms with Crippen molar-refractivity contribution in [3.8, 4) is 0 Å². The molecule has 0 aliphatic rings. The van der Waals surface area contributed by atoms with E-state index in [9.17, 15) is 14.0 Å². The van der Waals surface area contributed by atoms with Crippen LogP contribution in [0.1, 0.15) is 48.0 Å². The van der Waals surface area contributed by atoms with Crippen LogP contribution in [-0.4, -0.2) is 23.5 Å². The van der Waals surface area contributed by atoms with Gasteiger partial charge in [-0.15, -0.1) is 0 Å². The number of carbonyl (C=O) groups excluding carboxylic acids is 1. The van der Waals surface area contributed by atoms with Crippen molar-refractivity contribution in [2.45, 2.75) is 39.0 Å². The topological polar surface area (TPSA) is 66.4 Å². The molecule has 1 rings (SSSR count). The third-order valence-corrected chi connectivity index (χ3v) is 3.02. The van der Waals surface area contributed by atoms with Crippen LogP contribution in [-0.2, 0) is 4.79 Å². The summed E-state index contributed by atoms with van der Waals surface area (Å²) in [6, 6.07) is 4.28. The lowest BCUT2D eigenvalue weighted by molar-refractivity contribution is -0.137. The van der Waals surface area contributed by atoms with Gasteiger partial charge in [-0.2, -0.15) is 0 Å². The highest BCUT2D eigenvalue weighted by molar-refractivity contribution is 5.94. The molecule has 20 heavy (non-hydrogen) atoms. The number of carbonyl (C=O) groups is 2. The van der Waals surface area contributed by atoms with E-state index in [1.165, 1.54) is 18.2 Å². The van der Waals surface area contributed by atoms with E-state index < -0.39 is 5.97 Å². The van der Waals surface area contributed by atoms with Crippen molar-refractivity contribution in [2.24, 2.45) is 0 Å². The van der Waals surface area contributed by atoms with Gasteiger partial charge in [-0.1, -0.05) is 12.8 Å². The van der Waals surface area contributed by atoms with Gasteiger partial charge in [0.25, 0.3) is 5.91 Å². The fraction of sp³-hybridized carbons (Fsp3) is 0.467. The van der Waals surface area contributed by atoms with Gasteiger partial charge in [0, 0.05) is 18.5 Å². The van der Waals surface area contributed by atoms with Crippen LogP contribution in [0.5, 0.6) is 0 Å². The quantitative estimate of drug-likeness (QED) is 0.720. The van der Waals surface area contributed by atoms with Crippen molar-refractivity contribution < 1.29 is 19.1 Å². The van der Waals surface area contributed by atoms with E-state index in [1.54, 1.807) is 6.92 Å². The lowest BCUT2D eigenvalue weighted by atomic mass is 10.1. The van der Waals surface area contributed by atoms with Crippen molar-refractivity contribution in [1.82, 2.24) is 5.32 Å². The molecule has 0 aromatic heterocycles. The first-order chi connectivity index (χ1) is 9.50. The van der Waals surface area contributed by atoms with Crippen molar-refractivity contribution in [2.75, 3.05) is 6.54 Å². The van der Waals surface area contributed by atoms with Crippen LogP contribution in [0.3, 0.4) is 0 Å². The number of rotatable bonds is 8. The molecular formula is C15H20FNO3. The molecule has 0 saturated heterocycles. The Labute approximate surface area is 118 Å². The molecule has 0 saturated carbocycles. The van der Waals surface area contributed by atoms with E-state index in [2.05, 4.69) is 5.32 Å². The second kappa shape index (κ2) is 8.30. The van der Waals surface area contributed by atoms with Gasteiger partial charge in [0.15, 0.2) is 0 Å². The highest BCUT2D eigenvalue weighted by Crippen LogP contribution is 2.09. The molecule has 0 spiro atoms. The Balaban J connectivity index is 2.20. The minimum atomic E-state index is -0.773. The average Bonchev–Trinajstić information content (AvgIpc) is 2.40. The number of carboxylic acids is 1. The fourth-order valence-electron chi connectivity index (χ4n) is 1.84. The normalized spacial score (nSPS) is 10.3. The molecule has 0 heterocycles. The van der Waals surface area contributed by atoms with Crippen LogP contribution in [0, 0.1) is 12.7 Å². The number of benzene rings is 1. The van der Waals surface area contributed by atoms with Crippen LogP contribution in [0.25, 0.3) is 0 Å². The van der Waals surface area contributed by atoms with E-state index in [-0.39, 0.29) is 18.1 Å². The van der Waals surface area contributed by atoms with E-state index >= 15 is 0 Å². The first kappa shape index (κ1) is 16.1. The molecule has 0 aliphatic heterocycles. The van der Waals surface area contributed by atoms with Crippen molar-refractivity contribution >= 4 is 11.9 Å². The number of hydrogen-bond acceptors (Lipinski definition) is 2. The van der Waals surface area contributed by atoms with Crippen LogP contribution in [0.4, 0.5) is 4.39 Å². The molecule has 1 aromatic carbocycles. The molecule has 0 aliphatic carbocycles. The summed E-state index contributed by atoms with van der Waals surface area (Å²) in [7, 11) is 0. The SMILES string of the molecule is Cc1cc(C(=O)NCCCCCCC(=O)O)ccc1F. The zero-order valence-electron chi connectivity index (χ0n) is 11.6. The zero-order chi connectivity index (χ0) is 15.0. The molecule has 0 fully saturated rings. The number of unbranched alkanes of at least 4 members (excludes halogenated alkanes) is 3. The van der Waals surface area contributed by atoms with Gasteiger partial charge in [0.05, 0.1) is 0 Å². The summed E-state index contributed by atoms with van der Waals surface area (Å²) in [4.78, 5) is 22.1. The molecule has 0 radical (unpaired) electrons. The Bertz CT molecular complexity index is 474. The number of hydrogen-bond donors (Lipinski definition) is 2. The smallest absolute Gasteiger partial charge is 0.303 e. The third-order valence-electron chi connectivity index (χ3n) is 3.02. The molecule has 0 atom stereocenters. The maximum Gasteiger partial charge on any atom is 0.303 e. The lowest BCUT2D eigenvalue weighted by Crippen LogP contribution is -2.24. The minimum Gasteiger partial charge on any atom is -0.481 e. The summed E-state index contributed by atoms with van der Waals surface area (Å²) < 4.78 is 13.1. The van der Waals surface area contributed by atoms with Crippen molar-refractivity contribution in [3.05, 3.63) is 35.1 Å². The first-order valence-corrected chi connectivity index (χ1v) is 6.77. The number of aryl methyl sites for hydroxylation is 1. The predicted molar refractivity (Wildman–Crippen MR) is 74.2 cm³/mol. The third kappa shape index (κ3) is 5.82. The Kier molecular flexibility index (Phi) is 6.70. The van der Waals surface area contributed by atoms with Gasteiger partial charge >= 0.3 is 5.97 Å². The standard InChI is InChI=1S/C15H20FNO3/c1-11-10-12(7-8-13(11)16)15(20)17-9-5-3-2-4-6-14(18)19/h7-8,10H,2-6,9H2,1H3,(H,17,20)(H,18,19). The molecule has 0 unspecified atom stereocenters. The highest BCUT2D eigenvalue weighted by atomic mass is 19.1. The monoisotopic (exact) mass is 281 g/mol. The fourth-order valence-corrected chi connectivity index (χ4v) is 1.84. The molecule has 4 nitrogen and oxygen atoms in total. The molecule has 1 amide bonds. The Hall–Kier alpha value is -1.91. The maximum absolute atomic E-state index is 13.1. The van der Waals surface area contributed by atoms with Gasteiger partial charge in [0.2, 0.25) is 0 Å². The van der Waals surface area contributed by atoms with Crippen LogP contribution in [0.15, 0.2) is 18.2 Å². The number of nitrogens with one attached hydrogen (secondary N) is 1. The summed E-state index contributed by atoms with van der Waals surface area (Å²) in [6.07, 6.45) is 3.40. The molecule has 1 aromatic rings. The Morgan fingerprint density at radius 1 is 1.20 bits per heavy atom. The van der Waals surface area contributed by atoms with Crippen LogP contribution < -0.4 is 5.32 Å². The molecule has 0 bridgehead atoms. The van der Waals surface area contributed by atoms with Crippen LogP contribution in [0.2, 0.25) is 0 Å². The van der Waals surface area contributed by atoms with E-state index in [1.807, 2.05) is 0 Å². The van der Waals surface area contributed by atoms with Gasteiger partial charge < -0.3 is 10.4 Å². The van der Waals surface area contributed by atoms with E-state index in [0.29, 0.717) is 24.1 Å². The first-order valence-electron chi connectivity index (χ1n) is 6.77. The Morgan fingerprint density at radius 3 is 2.55 bits per heavy atom. The number of amides is 1. The van der Waals surface area contributed by atoms with Crippen LogP contribution >= 0.6 is 0 Å². The lowest BCUT2D eigenvalue weighted by Gasteiger charge is -2.06. The second-order valence-electron chi connectivity index (χ2n) is 4.78. The summed E-state index contributed by atoms with van der Waals surface area (Å²) in [5.74, 6) is -1.30. The number of carboxylic acid groups (broad SMARTS) is 1. The van der Waals surface area contributed by atoms with Gasteiger partial charge in [0.1, 0.15) is 5.82 Å². The molecular weight excluding hydrogens is 261 g/mol. The van der Waals surface area contributed by atoms with Gasteiger partial charge in [-0.05, 0) is 43.5 Å². The van der Waals surface area contributed by atoms with Crippen molar-refractivity contribution in [1.29, 1.82) is 0 Å². The van der Waals surface area contributed by atoms with E-state index in [0.717, 1.165) is 19.3 Å². The Morgan fingerprint density at radius 2 is 1.90 bits per heavy atom. The number of aliphatic carboxylic acids is 1. The highest BCUT2D eigenvalue weighted by Gasteiger charge is 2.06. The average molecular weight is 281 g/mol. The molecule has 5 heteroatoms. The van der Waals surface area contributed by atoms with Gasteiger partial charge in [-0.25, -0.2) is 4.39 Å². The maximum atomic E-state index is 13.1. The molecule has 110 valence electrons. The minimum absolute atomic E-state index is 0.196. The summed E-state index contributed by atoms with van der Waals surface area (Å²) in [5.41, 5.74) is 0.904. The summed E-state index contributed by atoms with van der Waals surface area (Å²) in [5, 5.41) is 11.2. The number of halogens is 1.